The first-order valence-electron chi connectivity index (χ1n) is 6.96. The van der Waals surface area contributed by atoms with Crippen molar-refractivity contribution >= 4 is 11.8 Å². The Morgan fingerprint density at radius 3 is 2.75 bits per heavy atom. The number of thioether (sulfide) groups is 1. The van der Waals surface area contributed by atoms with Gasteiger partial charge in [0.1, 0.15) is 5.82 Å². The van der Waals surface area contributed by atoms with Crippen LogP contribution in [-0.4, -0.2) is 11.8 Å². The molecular weight excluding hydrogens is 269 g/mol. The molecule has 1 aliphatic heterocycles. The lowest BCUT2D eigenvalue weighted by Crippen LogP contribution is -2.27. The van der Waals surface area contributed by atoms with Crippen molar-refractivity contribution in [2.75, 3.05) is 6.54 Å². The lowest BCUT2D eigenvalue weighted by Gasteiger charge is -2.17. The van der Waals surface area contributed by atoms with E-state index in [1.807, 2.05) is 30.8 Å². The average molecular weight is 287 g/mol. The Labute approximate surface area is 123 Å². The fraction of sp³-hybridized carbons (Fsp3) is 0.294. The highest BCUT2D eigenvalue weighted by Crippen LogP contribution is 2.36. The highest BCUT2D eigenvalue weighted by molar-refractivity contribution is 8.00. The van der Waals surface area contributed by atoms with Gasteiger partial charge in [0.2, 0.25) is 0 Å². The van der Waals surface area contributed by atoms with E-state index >= 15 is 0 Å². The molecule has 2 atom stereocenters. The molecule has 2 aromatic carbocycles. The van der Waals surface area contributed by atoms with E-state index in [2.05, 4.69) is 29.6 Å². The molecule has 2 aromatic rings. The zero-order chi connectivity index (χ0) is 13.9. The van der Waals surface area contributed by atoms with E-state index in [1.54, 1.807) is 6.07 Å². The van der Waals surface area contributed by atoms with Gasteiger partial charge in [-0.3, -0.25) is 0 Å². The van der Waals surface area contributed by atoms with Crippen molar-refractivity contribution in [1.29, 1.82) is 0 Å². The quantitative estimate of drug-likeness (QED) is 0.904. The summed E-state index contributed by atoms with van der Waals surface area (Å²) in [5, 5.41) is 4.00. The van der Waals surface area contributed by atoms with E-state index in [1.165, 1.54) is 16.5 Å². The Bertz CT molecular complexity index is 574. The van der Waals surface area contributed by atoms with Crippen LogP contribution in [0.4, 0.5) is 4.39 Å². The number of rotatable bonds is 4. The molecule has 104 valence electrons. The molecule has 1 aliphatic rings. The van der Waals surface area contributed by atoms with Crippen molar-refractivity contribution in [3.63, 3.8) is 0 Å². The zero-order valence-corrected chi connectivity index (χ0v) is 12.3. The summed E-state index contributed by atoms with van der Waals surface area (Å²) in [6, 6.07) is 15.6. The second-order valence-corrected chi connectivity index (χ2v) is 6.55. The summed E-state index contributed by atoms with van der Waals surface area (Å²) in [6.45, 7) is 2.92. The maximum atomic E-state index is 13.7. The van der Waals surface area contributed by atoms with Crippen LogP contribution in [0.2, 0.25) is 0 Å². The largest absolute Gasteiger partial charge is 0.309 e. The fourth-order valence-corrected chi connectivity index (χ4v) is 3.87. The van der Waals surface area contributed by atoms with E-state index in [9.17, 15) is 4.39 Å². The van der Waals surface area contributed by atoms with Crippen LogP contribution in [0.25, 0.3) is 0 Å². The molecule has 0 amide bonds. The standard InChI is InChI=1S/C17H18FNS/c1-12(15-7-3-4-8-16(15)18)19-11-14-10-13-6-2-5-9-17(13)20-14/h2-9,12,14,19H,10-11H2,1H3. The Kier molecular flexibility index (Phi) is 4.08. The second kappa shape index (κ2) is 5.98. The van der Waals surface area contributed by atoms with Crippen LogP contribution in [0.15, 0.2) is 53.4 Å². The summed E-state index contributed by atoms with van der Waals surface area (Å²) >= 11 is 1.92. The molecule has 0 saturated carbocycles. The highest BCUT2D eigenvalue weighted by Gasteiger charge is 2.22. The normalized spacial score (nSPS) is 18.8. The lowest BCUT2D eigenvalue weighted by molar-refractivity contribution is 0.526. The van der Waals surface area contributed by atoms with Gasteiger partial charge in [-0.25, -0.2) is 4.39 Å². The highest BCUT2D eigenvalue weighted by atomic mass is 32.2. The number of hydrogen-bond acceptors (Lipinski definition) is 2. The number of benzene rings is 2. The third kappa shape index (κ3) is 2.89. The molecule has 1 nitrogen and oxygen atoms in total. The summed E-state index contributed by atoms with van der Waals surface area (Å²) < 4.78 is 13.7. The topological polar surface area (TPSA) is 12.0 Å². The molecule has 1 heterocycles. The molecule has 0 spiro atoms. The minimum absolute atomic E-state index is 0.0421. The number of fused-ring (bicyclic) bond motifs is 1. The van der Waals surface area contributed by atoms with Crippen LogP contribution in [0.1, 0.15) is 24.1 Å². The molecule has 0 aliphatic carbocycles. The maximum Gasteiger partial charge on any atom is 0.127 e. The van der Waals surface area contributed by atoms with E-state index in [0.717, 1.165) is 18.5 Å². The van der Waals surface area contributed by atoms with E-state index in [-0.39, 0.29) is 11.9 Å². The van der Waals surface area contributed by atoms with Crippen LogP contribution in [-0.2, 0) is 6.42 Å². The smallest absolute Gasteiger partial charge is 0.127 e. The van der Waals surface area contributed by atoms with Crippen molar-refractivity contribution in [2.45, 2.75) is 29.5 Å². The first-order valence-corrected chi connectivity index (χ1v) is 7.84. The van der Waals surface area contributed by atoms with Gasteiger partial charge in [-0.05, 0) is 31.0 Å². The summed E-state index contributed by atoms with van der Waals surface area (Å²) in [7, 11) is 0. The van der Waals surface area contributed by atoms with Crippen LogP contribution in [0.3, 0.4) is 0 Å². The molecule has 3 heteroatoms. The van der Waals surface area contributed by atoms with Gasteiger partial charge in [-0.2, -0.15) is 0 Å². The first-order chi connectivity index (χ1) is 9.74. The molecule has 2 unspecified atom stereocenters. The maximum absolute atomic E-state index is 13.7. The summed E-state index contributed by atoms with van der Waals surface area (Å²) in [4.78, 5) is 1.39. The van der Waals surface area contributed by atoms with Gasteiger partial charge >= 0.3 is 0 Å². The van der Waals surface area contributed by atoms with Gasteiger partial charge in [-0.1, -0.05) is 36.4 Å². The number of hydrogen-bond donors (Lipinski definition) is 1. The van der Waals surface area contributed by atoms with Crippen molar-refractivity contribution < 1.29 is 4.39 Å². The van der Waals surface area contributed by atoms with Crippen LogP contribution in [0.5, 0.6) is 0 Å². The number of nitrogens with one attached hydrogen (secondary N) is 1. The third-order valence-corrected chi connectivity index (χ3v) is 5.06. The van der Waals surface area contributed by atoms with Crippen LogP contribution >= 0.6 is 11.8 Å². The SMILES string of the molecule is CC(NCC1Cc2ccccc2S1)c1ccccc1F. The van der Waals surface area contributed by atoms with Gasteiger partial charge in [0, 0.05) is 28.3 Å². The minimum Gasteiger partial charge on any atom is -0.309 e. The summed E-state index contributed by atoms with van der Waals surface area (Å²) in [5.74, 6) is -0.130. The Balaban J connectivity index is 1.58. The van der Waals surface area contributed by atoms with Gasteiger partial charge in [0.05, 0.1) is 0 Å². The van der Waals surface area contributed by atoms with Gasteiger partial charge in [0.15, 0.2) is 0 Å². The molecule has 0 radical (unpaired) electrons. The van der Waals surface area contributed by atoms with E-state index < -0.39 is 0 Å². The zero-order valence-electron chi connectivity index (χ0n) is 11.5. The molecule has 0 bridgehead atoms. The predicted molar refractivity (Wildman–Crippen MR) is 82.6 cm³/mol. The predicted octanol–water partition coefficient (Wildman–Crippen LogP) is 4.19. The van der Waals surface area contributed by atoms with Crippen LogP contribution in [0, 0.1) is 5.82 Å². The van der Waals surface area contributed by atoms with Crippen molar-refractivity contribution in [3.05, 3.63) is 65.5 Å². The van der Waals surface area contributed by atoms with Gasteiger partial charge in [0.25, 0.3) is 0 Å². The third-order valence-electron chi connectivity index (χ3n) is 3.74. The second-order valence-electron chi connectivity index (χ2n) is 5.20. The molecule has 0 saturated heterocycles. The number of halogens is 1. The van der Waals surface area contributed by atoms with E-state index in [4.69, 9.17) is 0 Å². The molecule has 20 heavy (non-hydrogen) atoms. The van der Waals surface area contributed by atoms with E-state index in [0.29, 0.717) is 5.25 Å². The van der Waals surface area contributed by atoms with Gasteiger partial charge in [-0.15, -0.1) is 11.8 Å². The molecule has 0 aromatic heterocycles. The Morgan fingerprint density at radius 1 is 1.20 bits per heavy atom. The minimum atomic E-state index is -0.130. The Hall–Kier alpha value is -1.32. The molecule has 0 fully saturated rings. The fourth-order valence-electron chi connectivity index (χ4n) is 2.61. The lowest BCUT2D eigenvalue weighted by atomic mass is 10.1. The van der Waals surface area contributed by atoms with Crippen molar-refractivity contribution in [2.24, 2.45) is 0 Å². The Morgan fingerprint density at radius 2 is 1.95 bits per heavy atom. The first kappa shape index (κ1) is 13.7. The van der Waals surface area contributed by atoms with Crippen molar-refractivity contribution in [1.82, 2.24) is 5.32 Å². The summed E-state index contributed by atoms with van der Waals surface area (Å²) in [6.07, 6.45) is 1.10. The summed E-state index contributed by atoms with van der Waals surface area (Å²) in [5.41, 5.74) is 2.18. The molecule has 1 N–H and O–H groups in total. The van der Waals surface area contributed by atoms with Crippen LogP contribution < -0.4 is 5.32 Å². The van der Waals surface area contributed by atoms with Crippen molar-refractivity contribution in [3.8, 4) is 0 Å². The average Bonchev–Trinajstić information content (AvgIpc) is 2.88. The van der Waals surface area contributed by atoms with Gasteiger partial charge < -0.3 is 5.32 Å². The molecular formula is C17H18FNS. The molecule has 3 rings (SSSR count). The monoisotopic (exact) mass is 287 g/mol.